The summed E-state index contributed by atoms with van der Waals surface area (Å²) in [6.07, 6.45) is 0.548. The minimum absolute atomic E-state index is 0.114. The van der Waals surface area contributed by atoms with Crippen LogP contribution in [-0.4, -0.2) is 19.9 Å². The molecule has 3 N–H and O–H groups in total. The third kappa shape index (κ3) is 3.94. The Morgan fingerprint density at radius 2 is 2.10 bits per heavy atom. The molecule has 0 amide bonds. The second kappa shape index (κ2) is 6.31. The Bertz CT molecular complexity index is 757. The zero-order valence-corrected chi connectivity index (χ0v) is 14.1. The molecule has 0 saturated carbocycles. The van der Waals surface area contributed by atoms with E-state index in [0.717, 1.165) is 10.7 Å². The third-order valence-corrected chi connectivity index (χ3v) is 5.78. The summed E-state index contributed by atoms with van der Waals surface area (Å²) in [5, 5.41) is 3.14. The fourth-order valence-electron chi connectivity index (χ4n) is 1.84. The lowest BCUT2D eigenvalue weighted by Gasteiger charge is -2.11. The number of nitrogens with one attached hydrogen (secondary N) is 1. The van der Waals surface area contributed by atoms with Gasteiger partial charge in [-0.1, -0.05) is 11.6 Å². The molecule has 2 rings (SSSR count). The van der Waals surface area contributed by atoms with Crippen molar-refractivity contribution in [2.45, 2.75) is 25.2 Å². The maximum absolute atomic E-state index is 12.3. The molecule has 8 heteroatoms. The van der Waals surface area contributed by atoms with Crippen molar-refractivity contribution in [1.29, 1.82) is 0 Å². The van der Waals surface area contributed by atoms with Gasteiger partial charge in [0.2, 0.25) is 10.0 Å². The summed E-state index contributed by atoms with van der Waals surface area (Å²) in [6.45, 7) is 3.84. The number of benzene rings is 1. The van der Waals surface area contributed by atoms with Gasteiger partial charge in [0.15, 0.2) is 0 Å². The second-order valence-electron chi connectivity index (χ2n) is 4.65. The molecule has 2 aromatic rings. The summed E-state index contributed by atoms with van der Waals surface area (Å²) in [6, 6.07) is 2.94. The van der Waals surface area contributed by atoms with E-state index >= 15 is 0 Å². The highest BCUT2D eigenvalue weighted by Crippen LogP contribution is 2.25. The van der Waals surface area contributed by atoms with Crippen molar-refractivity contribution in [2.75, 3.05) is 12.3 Å². The molecule has 0 atom stereocenters. The number of hydrogen-bond acceptors (Lipinski definition) is 5. The van der Waals surface area contributed by atoms with Crippen LogP contribution in [0.15, 0.2) is 22.4 Å². The normalized spacial score (nSPS) is 11.8. The van der Waals surface area contributed by atoms with Crippen LogP contribution in [0.25, 0.3) is 0 Å². The average molecular weight is 346 g/mol. The molecule has 0 aliphatic rings. The van der Waals surface area contributed by atoms with Crippen LogP contribution in [0.4, 0.5) is 5.69 Å². The first-order valence-electron chi connectivity index (χ1n) is 6.26. The van der Waals surface area contributed by atoms with Gasteiger partial charge in [0.1, 0.15) is 0 Å². The number of aryl methyl sites for hydroxylation is 1. The van der Waals surface area contributed by atoms with Gasteiger partial charge in [-0.3, -0.25) is 0 Å². The molecule has 0 aliphatic heterocycles. The summed E-state index contributed by atoms with van der Waals surface area (Å²) < 4.78 is 27.2. The first-order valence-corrected chi connectivity index (χ1v) is 9.00. The molecule has 0 radical (unpaired) electrons. The number of hydrogen-bond donors (Lipinski definition) is 2. The average Bonchev–Trinajstić information content (AvgIpc) is 2.79. The van der Waals surface area contributed by atoms with Gasteiger partial charge in [0.25, 0.3) is 0 Å². The largest absolute Gasteiger partial charge is 0.398 e. The number of nitrogen functional groups attached to an aromatic ring is 1. The van der Waals surface area contributed by atoms with Gasteiger partial charge < -0.3 is 5.73 Å². The number of sulfonamides is 1. The summed E-state index contributed by atoms with van der Waals surface area (Å²) in [7, 11) is -3.64. The zero-order chi connectivity index (χ0) is 15.6. The van der Waals surface area contributed by atoms with Gasteiger partial charge in [-0.2, -0.15) is 0 Å². The molecule has 0 unspecified atom stereocenters. The van der Waals surface area contributed by atoms with Gasteiger partial charge >= 0.3 is 0 Å². The number of thiazole rings is 1. The highest BCUT2D eigenvalue weighted by molar-refractivity contribution is 7.89. The highest BCUT2D eigenvalue weighted by atomic mass is 35.5. The predicted octanol–water partition coefficient (Wildman–Crippen LogP) is 2.52. The van der Waals surface area contributed by atoms with Crippen LogP contribution in [0.3, 0.4) is 0 Å². The highest BCUT2D eigenvalue weighted by Gasteiger charge is 2.18. The molecule has 5 nitrogen and oxygen atoms in total. The molecule has 0 bridgehead atoms. The molecule has 0 spiro atoms. The van der Waals surface area contributed by atoms with Crippen LogP contribution in [-0.2, 0) is 16.4 Å². The van der Waals surface area contributed by atoms with Crippen molar-refractivity contribution in [3.8, 4) is 0 Å². The van der Waals surface area contributed by atoms with Gasteiger partial charge in [-0.25, -0.2) is 18.1 Å². The van der Waals surface area contributed by atoms with Gasteiger partial charge in [0.05, 0.1) is 9.90 Å². The maximum Gasteiger partial charge on any atom is 0.240 e. The van der Waals surface area contributed by atoms with Crippen molar-refractivity contribution < 1.29 is 8.42 Å². The number of nitrogens with two attached hydrogens (primary N) is 1. The maximum atomic E-state index is 12.3. The van der Waals surface area contributed by atoms with Crippen molar-refractivity contribution in [3.05, 3.63) is 38.8 Å². The van der Waals surface area contributed by atoms with Gasteiger partial charge in [-0.15, -0.1) is 11.3 Å². The van der Waals surface area contributed by atoms with Gasteiger partial charge in [0, 0.05) is 34.7 Å². The van der Waals surface area contributed by atoms with E-state index in [0.29, 0.717) is 22.7 Å². The van der Waals surface area contributed by atoms with Crippen LogP contribution >= 0.6 is 22.9 Å². The Morgan fingerprint density at radius 1 is 1.38 bits per heavy atom. The van der Waals surface area contributed by atoms with Crippen LogP contribution in [0.5, 0.6) is 0 Å². The molecule has 1 aromatic heterocycles. The van der Waals surface area contributed by atoms with Crippen molar-refractivity contribution >= 4 is 38.6 Å². The predicted molar refractivity (Wildman–Crippen MR) is 86.3 cm³/mol. The van der Waals surface area contributed by atoms with Crippen LogP contribution in [0, 0.1) is 13.8 Å². The number of nitrogens with zero attached hydrogens (tertiary/aromatic N) is 1. The van der Waals surface area contributed by atoms with E-state index in [-0.39, 0.29) is 11.4 Å². The monoisotopic (exact) mass is 345 g/mol. The fraction of sp³-hybridized carbons (Fsp3) is 0.308. The van der Waals surface area contributed by atoms with Crippen LogP contribution < -0.4 is 10.5 Å². The molecule has 0 fully saturated rings. The van der Waals surface area contributed by atoms with Crippen LogP contribution in [0.1, 0.15) is 16.3 Å². The Labute approximate surface area is 133 Å². The number of anilines is 1. The van der Waals surface area contributed by atoms with E-state index in [1.54, 1.807) is 6.92 Å². The van der Waals surface area contributed by atoms with Crippen molar-refractivity contribution in [3.63, 3.8) is 0 Å². The molecular weight excluding hydrogens is 330 g/mol. The Morgan fingerprint density at radius 3 is 2.71 bits per heavy atom. The Kier molecular flexibility index (Phi) is 4.88. The van der Waals surface area contributed by atoms with E-state index in [2.05, 4.69) is 9.71 Å². The number of rotatable bonds is 5. The number of aromatic nitrogens is 1. The third-order valence-electron chi connectivity index (χ3n) is 2.95. The SMILES string of the molecule is Cc1csc(CCNS(=O)(=O)c2cc(Cl)cc(N)c2C)n1. The quantitative estimate of drug-likeness (QED) is 0.815. The lowest BCUT2D eigenvalue weighted by Crippen LogP contribution is -2.26. The van der Waals surface area contributed by atoms with Crippen LogP contribution in [0.2, 0.25) is 5.02 Å². The molecule has 21 heavy (non-hydrogen) atoms. The van der Waals surface area contributed by atoms with E-state index in [1.807, 2.05) is 12.3 Å². The smallest absolute Gasteiger partial charge is 0.240 e. The van der Waals surface area contributed by atoms with E-state index < -0.39 is 10.0 Å². The summed E-state index contributed by atoms with van der Waals surface area (Å²) in [4.78, 5) is 4.41. The molecule has 114 valence electrons. The zero-order valence-electron chi connectivity index (χ0n) is 11.7. The standard InChI is InChI=1S/C13H16ClN3O2S2/c1-8-7-20-13(17-8)3-4-16-21(18,19)12-6-10(14)5-11(15)9(12)2/h5-7,16H,3-4,15H2,1-2H3. The molecule has 1 aromatic carbocycles. The first kappa shape index (κ1) is 16.2. The second-order valence-corrected chi connectivity index (χ2v) is 7.76. The lowest BCUT2D eigenvalue weighted by molar-refractivity contribution is 0.581. The first-order chi connectivity index (χ1) is 9.79. The summed E-state index contributed by atoms with van der Waals surface area (Å²) in [5.41, 5.74) is 7.55. The van der Waals surface area contributed by atoms with Crippen molar-refractivity contribution in [1.82, 2.24) is 9.71 Å². The van der Waals surface area contributed by atoms with Crippen molar-refractivity contribution in [2.24, 2.45) is 0 Å². The molecule has 1 heterocycles. The minimum Gasteiger partial charge on any atom is -0.398 e. The number of halogens is 1. The Balaban J connectivity index is 2.12. The molecular formula is C13H16ClN3O2S2. The van der Waals surface area contributed by atoms with Gasteiger partial charge in [-0.05, 0) is 31.5 Å². The molecule has 0 aliphatic carbocycles. The topological polar surface area (TPSA) is 85.1 Å². The minimum atomic E-state index is -3.64. The molecule has 0 saturated heterocycles. The fourth-order valence-corrected chi connectivity index (χ4v) is 4.24. The van der Waals surface area contributed by atoms with E-state index in [1.165, 1.54) is 23.5 Å². The van der Waals surface area contributed by atoms with E-state index in [4.69, 9.17) is 17.3 Å². The summed E-state index contributed by atoms with van der Waals surface area (Å²) >= 11 is 7.40. The summed E-state index contributed by atoms with van der Waals surface area (Å²) in [5.74, 6) is 0. The van der Waals surface area contributed by atoms with E-state index in [9.17, 15) is 8.42 Å². The Hall–Kier alpha value is -1.15. The lowest BCUT2D eigenvalue weighted by atomic mass is 10.2.